The van der Waals surface area contributed by atoms with Crippen LogP contribution in [0.4, 0.5) is 0 Å². The van der Waals surface area contributed by atoms with E-state index in [2.05, 4.69) is 4.98 Å². The van der Waals surface area contributed by atoms with Crippen LogP contribution in [-0.2, 0) is 9.53 Å². The molecule has 0 saturated carbocycles. The van der Waals surface area contributed by atoms with Gasteiger partial charge in [0, 0.05) is 30.5 Å². The molecule has 2 aliphatic heterocycles. The number of hydrogen-bond donors (Lipinski definition) is 1. The number of aromatic nitrogens is 1. The van der Waals surface area contributed by atoms with Gasteiger partial charge in [-0.15, -0.1) is 0 Å². The molecule has 142 valence electrons. The maximum absolute atomic E-state index is 12.1. The van der Waals surface area contributed by atoms with Crippen LogP contribution in [0.5, 0.6) is 11.6 Å². The van der Waals surface area contributed by atoms with Crippen LogP contribution in [0.2, 0.25) is 0 Å². The first kappa shape index (κ1) is 17.5. The molecule has 1 fully saturated rings. The van der Waals surface area contributed by atoms with Gasteiger partial charge in [-0.3, -0.25) is 9.59 Å². The van der Waals surface area contributed by atoms with E-state index in [1.807, 2.05) is 0 Å². The smallest absolute Gasteiger partial charge is 0.252 e. The fourth-order valence-electron chi connectivity index (χ4n) is 3.54. The highest BCUT2D eigenvalue weighted by molar-refractivity contribution is 6.01. The number of pyridine rings is 1. The van der Waals surface area contributed by atoms with Crippen LogP contribution in [0.25, 0.3) is 10.8 Å². The minimum atomic E-state index is -0.571. The maximum atomic E-state index is 12.1. The summed E-state index contributed by atoms with van der Waals surface area (Å²) in [6.45, 7) is 1.18. The summed E-state index contributed by atoms with van der Waals surface area (Å²) in [5.41, 5.74) is 5.79. The second-order valence-corrected chi connectivity index (χ2v) is 6.63. The number of carbonyl (C=O) groups is 2. The van der Waals surface area contributed by atoms with Crippen molar-refractivity contribution in [3.05, 3.63) is 30.0 Å². The lowest BCUT2D eigenvalue weighted by atomic mass is 10.1. The molecule has 2 bridgehead atoms. The van der Waals surface area contributed by atoms with Crippen molar-refractivity contribution in [1.29, 1.82) is 0 Å². The van der Waals surface area contributed by atoms with Crippen molar-refractivity contribution in [3.63, 3.8) is 0 Å². The van der Waals surface area contributed by atoms with Gasteiger partial charge in [0.25, 0.3) is 5.91 Å². The molecule has 8 heteroatoms. The van der Waals surface area contributed by atoms with E-state index in [-0.39, 0.29) is 25.3 Å². The number of amides is 2. The zero-order chi connectivity index (χ0) is 18.8. The zero-order valence-electron chi connectivity index (χ0n) is 14.8. The third-order valence-electron chi connectivity index (χ3n) is 4.95. The molecule has 0 spiro atoms. The van der Waals surface area contributed by atoms with Crippen molar-refractivity contribution in [2.75, 3.05) is 26.6 Å². The van der Waals surface area contributed by atoms with Gasteiger partial charge in [0.2, 0.25) is 11.8 Å². The molecule has 2 N–H and O–H groups in total. The molecular weight excluding hydrogens is 350 g/mol. The van der Waals surface area contributed by atoms with Gasteiger partial charge < -0.3 is 24.8 Å². The Labute approximate surface area is 156 Å². The maximum Gasteiger partial charge on any atom is 0.252 e. The predicted molar refractivity (Wildman–Crippen MR) is 96.6 cm³/mol. The lowest BCUT2D eigenvalue weighted by Crippen LogP contribution is -2.36. The van der Waals surface area contributed by atoms with Crippen molar-refractivity contribution < 1.29 is 23.8 Å². The molecule has 1 atom stereocenters. The van der Waals surface area contributed by atoms with Gasteiger partial charge in [0.1, 0.15) is 19.1 Å². The van der Waals surface area contributed by atoms with Crippen LogP contribution in [0, 0.1) is 0 Å². The molecule has 2 aliphatic rings. The highest BCUT2D eigenvalue weighted by Crippen LogP contribution is 2.31. The van der Waals surface area contributed by atoms with Gasteiger partial charge in [-0.05, 0) is 30.0 Å². The third-order valence-corrected chi connectivity index (χ3v) is 4.95. The van der Waals surface area contributed by atoms with Crippen molar-refractivity contribution in [1.82, 2.24) is 9.88 Å². The first-order chi connectivity index (χ1) is 13.1. The van der Waals surface area contributed by atoms with Crippen LogP contribution >= 0.6 is 0 Å². The Morgan fingerprint density at radius 1 is 1.19 bits per heavy atom. The van der Waals surface area contributed by atoms with Crippen molar-refractivity contribution in [3.8, 4) is 11.6 Å². The monoisotopic (exact) mass is 371 g/mol. The number of nitrogens with zero attached hydrogens (tertiary/aromatic N) is 2. The minimum absolute atomic E-state index is 0.0921. The second-order valence-electron chi connectivity index (χ2n) is 6.63. The number of primary amides is 1. The SMILES string of the molecule is NC(=O)c1cc2ccnc3c2cc1OCCOCN1C(=O)CC[C@H]1CCO3. The van der Waals surface area contributed by atoms with E-state index in [1.165, 1.54) is 0 Å². The topological polar surface area (TPSA) is 104 Å². The highest BCUT2D eigenvalue weighted by Gasteiger charge is 2.30. The van der Waals surface area contributed by atoms with Gasteiger partial charge in [-0.25, -0.2) is 4.98 Å². The lowest BCUT2D eigenvalue weighted by Gasteiger charge is -2.25. The van der Waals surface area contributed by atoms with E-state index in [4.69, 9.17) is 19.9 Å². The van der Waals surface area contributed by atoms with Gasteiger partial charge in [-0.2, -0.15) is 0 Å². The molecular formula is C19H21N3O5. The Morgan fingerprint density at radius 3 is 2.93 bits per heavy atom. The fraction of sp³-hybridized carbons (Fsp3) is 0.421. The number of rotatable bonds is 1. The lowest BCUT2D eigenvalue weighted by molar-refractivity contribution is -0.135. The van der Waals surface area contributed by atoms with E-state index >= 15 is 0 Å². The van der Waals surface area contributed by atoms with Crippen molar-refractivity contribution in [2.45, 2.75) is 25.3 Å². The van der Waals surface area contributed by atoms with Gasteiger partial charge in [0.15, 0.2) is 0 Å². The van der Waals surface area contributed by atoms with Crippen molar-refractivity contribution in [2.24, 2.45) is 5.73 Å². The molecule has 8 nitrogen and oxygen atoms in total. The van der Waals surface area contributed by atoms with Crippen LogP contribution in [0.3, 0.4) is 0 Å². The van der Waals surface area contributed by atoms with E-state index < -0.39 is 5.91 Å². The molecule has 3 heterocycles. The van der Waals surface area contributed by atoms with Gasteiger partial charge >= 0.3 is 0 Å². The molecule has 0 radical (unpaired) electrons. The summed E-state index contributed by atoms with van der Waals surface area (Å²) in [7, 11) is 0. The Morgan fingerprint density at radius 2 is 2.07 bits per heavy atom. The van der Waals surface area contributed by atoms with E-state index in [9.17, 15) is 9.59 Å². The van der Waals surface area contributed by atoms with Crippen molar-refractivity contribution >= 4 is 22.6 Å². The molecule has 1 aromatic carbocycles. The van der Waals surface area contributed by atoms with Crippen LogP contribution in [0.15, 0.2) is 24.4 Å². The molecule has 0 unspecified atom stereocenters. The summed E-state index contributed by atoms with van der Waals surface area (Å²) < 4.78 is 17.2. The van der Waals surface area contributed by atoms with E-state index in [0.29, 0.717) is 43.2 Å². The number of benzene rings is 1. The number of fused-ring (bicyclic) bond motifs is 2. The van der Waals surface area contributed by atoms with Gasteiger partial charge in [-0.1, -0.05) is 0 Å². The normalized spacial score (nSPS) is 20.7. The second kappa shape index (κ2) is 7.40. The molecule has 1 aromatic heterocycles. The van der Waals surface area contributed by atoms with E-state index in [1.54, 1.807) is 29.3 Å². The Balaban J connectivity index is 1.68. The quantitative estimate of drug-likeness (QED) is 0.814. The van der Waals surface area contributed by atoms with Crippen LogP contribution in [-0.4, -0.2) is 54.3 Å². The van der Waals surface area contributed by atoms with E-state index in [0.717, 1.165) is 17.2 Å². The predicted octanol–water partition coefficient (Wildman–Crippen LogP) is 1.46. The summed E-state index contributed by atoms with van der Waals surface area (Å²) in [5, 5.41) is 1.54. The number of carbonyl (C=O) groups excluding carboxylic acids is 2. The first-order valence-corrected chi connectivity index (χ1v) is 8.99. The standard InChI is InChI=1S/C19H21N3O5/c20-18(24)15-9-12-3-5-21-19-14(12)10-16(15)26-8-7-25-11-22-13(4-6-27-19)1-2-17(22)23/h3,5,9-10,13H,1-2,4,6-8,11H2,(H2,20,24)/t13-/m0/s1. The Kier molecular flexibility index (Phi) is 4.81. The summed E-state index contributed by atoms with van der Waals surface area (Å²) in [6, 6.07) is 5.32. The molecule has 4 rings (SSSR count). The zero-order valence-corrected chi connectivity index (χ0v) is 14.8. The molecule has 2 aromatic rings. The summed E-state index contributed by atoms with van der Waals surface area (Å²) in [6.07, 6.45) is 3.67. The number of hydrogen-bond acceptors (Lipinski definition) is 6. The average Bonchev–Trinajstić information content (AvgIpc) is 3.00. The highest BCUT2D eigenvalue weighted by atomic mass is 16.5. The fourth-order valence-corrected chi connectivity index (χ4v) is 3.54. The van der Waals surface area contributed by atoms with Crippen LogP contribution < -0.4 is 15.2 Å². The minimum Gasteiger partial charge on any atom is -0.490 e. The number of nitrogens with two attached hydrogens (primary N) is 1. The summed E-state index contributed by atoms with van der Waals surface area (Å²) in [4.78, 5) is 29.9. The molecule has 1 saturated heterocycles. The summed E-state index contributed by atoms with van der Waals surface area (Å²) >= 11 is 0. The average molecular weight is 371 g/mol. The molecule has 2 amide bonds. The van der Waals surface area contributed by atoms with Gasteiger partial charge in [0.05, 0.1) is 18.8 Å². The largest absolute Gasteiger partial charge is 0.490 e. The van der Waals surface area contributed by atoms with Crippen LogP contribution in [0.1, 0.15) is 29.6 Å². The first-order valence-electron chi connectivity index (χ1n) is 8.99. The summed E-state index contributed by atoms with van der Waals surface area (Å²) in [5.74, 6) is 0.356. The molecule has 0 aliphatic carbocycles. The Bertz CT molecular complexity index is 885. The third kappa shape index (κ3) is 3.52. The number of ether oxygens (including phenoxy) is 3. The Hall–Kier alpha value is -2.87. The molecule has 27 heavy (non-hydrogen) atoms.